The molecule has 0 spiro atoms. The largest absolute Gasteiger partial charge is 0.343 e. The third-order valence-corrected chi connectivity index (χ3v) is 6.91. The SMILES string of the molecule is O=C(CCc1ccc(NS(=O)(=O)C2CCCC2)cc1)N1CCCC1. The third-order valence-electron chi connectivity index (χ3n) is 5.04. The van der Waals surface area contributed by atoms with Crippen LogP contribution in [-0.2, 0) is 21.2 Å². The number of benzene rings is 1. The molecule has 0 atom stereocenters. The lowest BCUT2D eigenvalue weighted by molar-refractivity contribution is -0.130. The summed E-state index contributed by atoms with van der Waals surface area (Å²) >= 11 is 0. The summed E-state index contributed by atoms with van der Waals surface area (Å²) in [6, 6.07) is 7.40. The Morgan fingerprint density at radius 2 is 1.67 bits per heavy atom. The highest BCUT2D eigenvalue weighted by molar-refractivity contribution is 7.93. The molecule has 1 aliphatic carbocycles. The predicted molar refractivity (Wildman–Crippen MR) is 95.4 cm³/mol. The van der Waals surface area contributed by atoms with Crippen molar-refractivity contribution in [1.82, 2.24) is 4.90 Å². The monoisotopic (exact) mass is 350 g/mol. The number of rotatable bonds is 6. The molecule has 2 fully saturated rings. The van der Waals surface area contributed by atoms with Crippen molar-refractivity contribution in [3.63, 3.8) is 0 Å². The van der Waals surface area contributed by atoms with Crippen LogP contribution in [0.2, 0.25) is 0 Å². The Morgan fingerprint density at radius 1 is 1.04 bits per heavy atom. The van der Waals surface area contributed by atoms with Crippen molar-refractivity contribution < 1.29 is 13.2 Å². The quantitative estimate of drug-likeness (QED) is 0.858. The van der Waals surface area contributed by atoms with E-state index >= 15 is 0 Å². The first-order valence-corrected chi connectivity index (χ1v) is 10.5. The van der Waals surface area contributed by atoms with Gasteiger partial charge in [-0.2, -0.15) is 0 Å². The van der Waals surface area contributed by atoms with E-state index in [1.807, 2.05) is 17.0 Å². The average molecular weight is 350 g/mol. The van der Waals surface area contributed by atoms with Crippen molar-refractivity contribution in [2.75, 3.05) is 17.8 Å². The maximum Gasteiger partial charge on any atom is 0.235 e. The molecule has 1 aromatic carbocycles. The van der Waals surface area contributed by atoms with Crippen LogP contribution in [0.25, 0.3) is 0 Å². The fourth-order valence-electron chi connectivity index (χ4n) is 3.56. The number of aryl methyl sites for hydroxylation is 1. The minimum absolute atomic E-state index is 0.221. The molecule has 5 nitrogen and oxygen atoms in total. The number of amides is 1. The number of carbonyl (C=O) groups excluding carboxylic acids is 1. The predicted octanol–water partition coefficient (Wildman–Crippen LogP) is 2.93. The number of hydrogen-bond donors (Lipinski definition) is 1. The van der Waals surface area contributed by atoms with Gasteiger partial charge in [0.05, 0.1) is 5.25 Å². The van der Waals surface area contributed by atoms with E-state index in [1.165, 1.54) is 0 Å². The Kier molecular flexibility index (Phi) is 5.43. The van der Waals surface area contributed by atoms with Gasteiger partial charge in [0.15, 0.2) is 0 Å². The van der Waals surface area contributed by atoms with E-state index < -0.39 is 10.0 Å². The second-order valence-electron chi connectivity index (χ2n) is 6.84. The van der Waals surface area contributed by atoms with Gasteiger partial charge in [-0.3, -0.25) is 9.52 Å². The first-order valence-electron chi connectivity index (χ1n) is 8.93. The number of carbonyl (C=O) groups is 1. The lowest BCUT2D eigenvalue weighted by Gasteiger charge is -2.15. The van der Waals surface area contributed by atoms with E-state index in [2.05, 4.69) is 4.72 Å². The molecule has 0 unspecified atom stereocenters. The minimum Gasteiger partial charge on any atom is -0.343 e. The average Bonchev–Trinajstić information content (AvgIpc) is 3.27. The number of hydrogen-bond acceptors (Lipinski definition) is 3. The second kappa shape index (κ2) is 7.55. The Hall–Kier alpha value is -1.56. The Morgan fingerprint density at radius 3 is 2.29 bits per heavy atom. The molecular weight excluding hydrogens is 324 g/mol. The summed E-state index contributed by atoms with van der Waals surface area (Å²) in [5.41, 5.74) is 1.67. The van der Waals surface area contributed by atoms with Gasteiger partial charge >= 0.3 is 0 Å². The van der Waals surface area contributed by atoms with Crippen molar-refractivity contribution >= 4 is 21.6 Å². The van der Waals surface area contributed by atoms with Gasteiger partial charge in [0.2, 0.25) is 15.9 Å². The molecule has 1 aliphatic heterocycles. The number of anilines is 1. The summed E-state index contributed by atoms with van der Waals surface area (Å²) < 4.78 is 27.3. The van der Waals surface area contributed by atoms with Gasteiger partial charge in [0.1, 0.15) is 0 Å². The van der Waals surface area contributed by atoms with E-state index in [1.54, 1.807) is 12.1 Å². The van der Waals surface area contributed by atoms with Crippen LogP contribution in [0.1, 0.15) is 50.5 Å². The van der Waals surface area contributed by atoms with Gasteiger partial charge in [0.25, 0.3) is 0 Å². The lowest BCUT2D eigenvalue weighted by Crippen LogP contribution is -2.27. The smallest absolute Gasteiger partial charge is 0.235 e. The van der Waals surface area contributed by atoms with Crippen LogP contribution < -0.4 is 4.72 Å². The fourth-order valence-corrected chi connectivity index (χ4v) is 5.15. The summed E-state index contributed by atoms with van der Waals surface area (Å²) in [5, 5.41) is -0.254. The van der Waals surface area contributed by atoms with Gasteiger partial charge in [-0.25, -0.2) is 8.42 Å². The normalized spacial score (nSPS) is 18.9. The maximum absolute atomic E-state index is 12.3. The first kappa shape index (κ1) is 17.3. The summed E-state index contributed by atoms with van der Waals surface area (Å²) in [4.78, 5) is 14.0. The van der Waals surface area contributed by atoms with Crippen LogP contribution in [0.4, 0.5) is 5.69 Å². The highest BCUT2D eigenvalue weighted by Gasteiger charge is 2.28. The number of nitrogens with zero attached hydrogens (tertiary/aromatic N) is 1. The van der Waals surface area contributed by atoms with E-state index in [4.69, 9.17) is 0 Å². The Bertz CT molecular complexity index is 658. The van der Waals surface area contributed by atoms with Crippen molar-refractivity contribution in [1.29, 1.82) is 0 Å². The minimum atomic E-state index is -3.27. The van der Waals surface area contributed by atoms with Crippen molar-refractivity contribution in [2.24, 2.45) is 0 Å². The molecule has 0 aromatic heterocycles. The third kappa shape index (κ3) is 4.29. The van der Waals surface area contributed by atoms with E-state index in [0.717, 1.165) is 57.2 Å². The number of nitrogens with one attached hydrogen (secondary N) is 1. The zero-order chi connectivity index (χ0) is 17.0. The lowest BCUT2D eigenvalue weighted by atomic mass is 10.1. The van der Waals surface area contributed by atoms with Gasteiger partial charge in [-0.1, -0.05) is 25.0 Å². The van der Waals surface area contributed by atoms with Crippen LogP contribution in [0.15, 0.2) is 24.3 Å². The summed E-state index contributed by atoms with van der Waals surface area (Å²) in [5.74, 6) is 0.221. The molecule has 1 amide bonds. The van der Waals surface area contributed by atoms with E-state index in [9.17, 15) is 13.2 Å². The number of sulfonamides is 1. The van der Waals surface area contributed by atoms with Crippen LogP contribution in [0.5, 0.6) is 0 Å². The van der Waals surface area contributed by atoms with Crippen LogP contribution >= 0.6 is 0 Å². The van der Waals surface area contributed by atoms with Crippen LogP contribution in [0, 0.1) is 0 Å². The molecule has 2 aliphatic rings. The fraction of sp³-hybridized carbons (Fsp3) is 0.611. The summed E-state index contributed by atoms with van der Waals surface area (Å²) in [6.07, 6.45) is 6.95. The summed E-state index contributed by atoms with van der Waals surface area (Å²) in [6.45, 7) is 1.78. The zero-order valence-corrected chi connectivity index (χ0v) is 14.9. The molecule has 1 aromatic rings. The molecule has 132 valence electrons. The van der Waals surface area contributed by atoms with Gasteiger partial charge in [0, 0.05) is 25.2 Å². The maximum atomic E-state index is 12.3. The molecule has 1 saturated carbocycles. The first-order chi connectivity index (χ1) is 11.5. The molecular formula is C18H26N2O3S. The Balaban J connectivity index is 1.52. The van der Waals surface area contributed by atoms with Crippen molar-refractivity contribution in [2.45, 2.75) is 56.6 Å². The highest BCUT2D eigenvalue weighted by atomic mass is 32.2. The van der Waals surface area contributed by atoms with Crippen molar-refractivity contribution in [3.05, 3.63) is 29.8 Å². The molecule has 1 saturated heterocycles. The molecule has 0 bridgehead atoms. The van der Waals surface area contributed by atoms with Gasteiger partial charge < -0.3 is 4.90 Å². The van der Waals surface area contributed by atoms with Crippen LogP contribution in [0.3, 0.4) is 0 Å². The highest BCUT2D eigenvalue weighted by Crippen LogP contribution is 2.26. The second-order valence-corrected chi connectivity index (χ2v) is 8.80. The van der Waals surface area contributed by atoms with Crippen LogP contribution in [-0.4, -0.2) is 37.6 Å². The van der Waals surface area contributed by atoms with E-state index in [0.29, 0.717) is 18.5 Å². The molecule has 6 heteroatoms. The molecule has 1 heterocycles. The van der Waals surface area contributed by atoms with E-state index in [-0.39, 0.29) is 11.2 Å². The Labute approximate surface area is 144 Å². The molecule has 1 N–H and O–H groups in total. The van der Waals surface area contributed by atoms with Crippen molar-refractivity contribution in [3.8, 4) is 0 Å². The molecule has 3 rings (SSSR count). The van der Waals surface area contributed by atoms with Gasteiger partial charge in [-0.05, 0) is 49.8 Å². The standard InChI is InChI=1S/C18H26N2O3S/c21-18(20-13-3-4-14-20)12-9-15-7-10-16(11-8-15)19-24(22,23)17-5-1-2-6-17/h7-8,10-11,17,19H,1-6,9,12-14H2. The molecule has 0 radical (unpaired) electrons. The summed E-state index contributed by atoms with van der Waals surface area (Å²) in [7, 11) is -3.27. The topological polar surface area (TPSA) is 66.5 Å². The molecule has 24 heavy (non-hydrogen) atoms. The number of likely N-dealkylation sites (tertiary alicyclic amines) is 1. The van der Waals surface area contributed by atoms with Gasteiger partial charge in [-0.15, -0.1) is 0 Å². The zero-order valence-electron chi connectivity index (χ0n) is 14.0.